The summed E-state index contributed by atoms with van der Waals surface area (Å²) in [5.74, 6) is 0.677. The molecule has 2 aliphatic rings. The molecule has 0 saturated heterocycles. The predicted molar refractivity (Wildman–Crippen MR) is 106 cm³/mol. The number of halogens is 1. The predicted octanol–water partition coefficient (Wildman–Crippen LogP) is 3.76. The summed E-state index contributed by atoms with van der Waals surface area (Å²) in [5.41, 5.74) is 7.74. The van der Waals surface area contributed by atoms with Gasteiger partial charge in [-0.3, -0.25) is 9.00 Å². The van der Waals surface area contributed by atoms with Crippen molar-refractivity contribution >= 4 is 34.8 Å². The fourth-order valence-electron chi connectivity index (χ4n) is 3.85. The molecular formula is C19H29ClN2O2S. The Bertz CT molecular complexity index is 571. The summed E-state index contributed by atoms with van der Waals surface area (Å²) in [4.78, 5) is 12.3. The van der Waals surface area contributed by atoms with E-state index in [2.05, 4.69) is 5.32 Å². The van der Waals surface area contributed by atoms with Gasteiger partial charge in [0.2, 0.25) is 5.91 Å². The summed E-state index contributed by atoms with van der Waals surface area (Å²) in [6.07, 6.45) is 8.44. The highest BCUT2D eigenvalue weighted by atomic mass is 35.5. The lowest BCUT2D eigenvalue weighted by Crippen LogP contribution is -2.23. The number of amides is 1. The zero-order valence-electron chi connectivity index (χ0n) is 14.6. The molecule has 4 nitrogen and oxygen atoms in total. The third kappa shape index (κ3) is 5.80. The Hall–Kier alpha value is -0.910. The van der Waals surface area contributed by atoms with Gasteiger partial charge in [0.05, 0.1) is 0 Å². The van der Waals surface area contributed by atoms with Crippen LogP contribution in [0.2, 0.25) is 0 Å². The number of rotatable bonds is 5. The van der Waals surface area contributed by atoms with E-state index in [1.54, 1.807) is 0 Å². The van der Waals surface area contributed by atoms with Crippen molar-refractivity contribution in [3.05, 3.63) is 29.8 Å². The van der Waals surface area contributed by atoms with Gasteiger partial charge in [-0.05, 0) is 49.8 Å². The molecule has 3 unspecified atom stereocenters. The zero-order chi connectivity index (χ0) is 16.9. The summed E-state index contributed by atoms with van der Waals surface area (Å²) < 4.78 is 12.6. The van der Waals surface area contributed by atoms with E-state index in [1.807, 2.05) is 24.3 Å². The molecule has 0 aromatic heterocycles. The molecule has 0 bridgehead atoms. The van der Waals surface area contributed by atoms with Gasteiger partial charge in [-0.1, -0.05) is 31.4 Å². The van der Waals surface area contributed by atoms with Gasteiger partial charge in [-0.15, -0.1) is 12.4 Å². The van der Waals surface area contributed by atoms with Crippen LogP contribution in [0.3, 0.4) is 0 Å². The lowest BCUT2D eigenvalue weighted by Gasteiger charge is -2.21. The van der Waals surface area contributed by atoms with Gasteiger partial charge < -0.3 is 11.1 Å². The monoisotopic (exact) mass is 384 g/mol. The molecule has 1 aromatic carbocycles. The van der Waals surface area contributed by atoms with Gasteiger partial charge in [0.25, 0.3) is 0 Å². The molecule has 6 heteroatoms. The van der Waals surface area contributed by atoms with Crippen LogP contribution in [0.15, 0.2) is 24.3 Å². The first-order chi connectivity index (χ1) is 11.6. The van der Waals surface area contributed by atoms with E-state index in [0.29, 0.717) is 11.0 Å². The largest absolute Gasteiger partial charge is 0.328 e. The van der Waals surface area contributed by atoms with Crippen molar-refractivity contribution in [3.63, 3.8) is 0 Å². The third-order valence-electron chi connectivity index (χ3n) is 5.27. The van der Waals surface area contributed by atoms with Crippen molar-refractivity contribution in [2.45, 2.75) is 68.4 Å². The SMILES string of the molecule is Cl.NC1CCC(C(=O)Nc2cccc(CS(=O)C3CCCCC3)c2)C1. The van der Waals surface area contributed by atoms with Crippen LogP contribution in [0.4, 0.5) is 5.69 Å². The molecule has 25 heavy (non-hydrogen) atoms. The van der Waals surface area contributed by atoms with Crippen LogP contribution in [0.5, 0.6) is 0 Å². The Kier molecular flexibility index (Phi) is 7.91. The fraction of sp³-hybridized carbons (Fsp3) is 0.632. The maximum Gasteiger partial charge on any atom is 0.227 e. The quantitative estimate of drug-likeness (QED) is 0.811. The number of hydrogen-bond acceptors (Lipinski definition) is 3. The highest BCUT2D eigenvalue weighted by Gasteiger charge is 2.27. The van der Waals surface area contributed by atoms with Crippen LogP contribution in [-0.2, 0) is 21.3 Å². The lowest BCUT2D eigenvalue weighted by atomic mass is 10.0. The lowest BCUT2D eigenvalue weighted by molar-refractivity contribution is -0.119. The smallest absolute Gasteiger partial charge is 0.227 e. The van der Waals surface area contributed by atoms with E-state index >= 15 is 0 Å². The summed E-state index contributed by atoms with van der Waals surface area (Å²) in [5, 5.41) is 3.35. The molecule has 140 valence electrons. The first-order valence-electron chi connectivity index (χ1n) is 9.14. The number of nitrogens with two attached hydrogens (primary N) is 1. The Labute approximate surface area is 159 Å². The van der Waals surface area contributed by atoms with Crippen LogP contribution < -0.4 is 11.1 Å². The number of carbonyl (C=O) groups is 1. The highest BCUT2D eigenvalue weighted by molar-refractivity contribution is 7.84. The molecule has 0 aliphatic heterocycles. The molecule has 0 spiro atoms. The second-order valence-electron chi connectivity index (χ2n) is 7.24. The van der Waals surface area contributed by atoms with Crippen molar-refractivity contribution in [2.24, 2.45) is 11.7 Å². The van der Waals surface area contributed by atoms with Crippen LogP contribution in [0, 0.1) is 5.92 Å². The minimum atomic E-state index is -0.814. The van der Waals surface area contributed by atoms with Crippen molar-refractivity contribution < 1.29 is 9.00 Å². The van der Waals surface area contributed by atoms with Crippen molar-refractivity contribution in [1.29, 1.82) is 0 Å². The van der Waals surface area contributed by atoms with Crippen LogP contribution in [0.25, 0.3) is 0 Å². The van der Waals surface area contributed by atoms with E-state index in [9.17, 15) is 9.00 Å². The molecule has 0 radical (unpaired) electrons. The zero-order valence-corrected chi connectivity index (χ0v) is 16.2. The molecule has 2 aliphatic carbocycles. The van der Waals surface area contributed by atoms with E-state index < -0.39 is 10.8 Å². The minimum Gasteiger partial charge on any atom is -0.328 e. The first-order valence-corrected chi connectivity index (χ1v) is 10.5. The number of nitrogens with one attached hydrogen (secondary N) is 1. The molecule has 3 atom stereocenters. The van der Waals surface area contributed by atoms with Gasteiger partial charge in [-0.2, -0.15) is 0 Å². The number of carbonyl (C=O) groups excluding carboxylic acids is 1. The second kappa shape index (κ2) is 9.70. The number of anilines is 1. The first kappa shape index (κ1) is 20.4. The molecular weight excluding hydrogens is 356 g/mol. The number of hydrogen-bond donors (Lipinski definition) is 2. The van der Waals surface area contributed by atoms with Crippen LogP contribution in [-0.4, -0.2) is 21.4 Å². The maximum absolute atomic E-state index is 12.6. The Morgan fingerprint density at radius 3 is 2.60 bits per heavy atom. The standard InChI is InChI=1S/C19H28N2O2S.ClH/c20-16-10-9-15(12-16)19(22)21-17-6-4-5-14(11-17)13-24(23)18-7-2-1-3-8-18;/h4-6,11,15-16,18H,1-3,7-10,12-13,20H2,(H,21,22);1H. The van der Waals surface area contributed by atoms with Gasteiger partial charge in [0.15, 0.2) is 0 Å². The summed E-state index contributed by atoms with van der Waals surface area (Å²) >= 11 is 0. The second-order valence-corrected chi connectivity index (χ2v) is 8.96. The van der Waals surface area contributed by atoms with Crippen LogP contribution >= 0.6 is 12.4 Å². The fourth-order valence-corrected chi connectivity index (χ4v) is 5.45. The highest BCUT2D eigenvalue weighted by Crippen LogP contribution is 2.27. The summed E-state index contributed by atoms with van der Waals surface area (Å²) in [6, 6.07) is 7.96. The summed E-state index contributed by atoms with van der Waals surface area (Å²) in [6.45, 7) is 0. The maximum atomic E-state index is 12.6. The van der Waals surface area contributed by atoms with Crippen molar-refractivity contribution in [3.8, 4) is 0 Å². The molecule has 1 amide bonds. The van der Waals surface area contributed by atoms with E-state index in [-0.39, 0.29) is 30.3 Å². The molecule has 2 saturated carbocycles. The Balaban J connectivity index is 0.00000225. The van der Waals surface area contributed by atoms with E-state index in [1.165, 1.54) is 19.3 Å². The van der Waals surface area contributed by atoms with Crippen LogP contribution in [0.1, 0.15) is 56.9 Å². The van der Waals surface area contributed by atoms with Gasteiger partial charge in [-0.25, -0.2) is 0 Å². The van der Waals surface area contributed by atoms with Crippen molar-refractivity contribution in [2.75, 3.05) is 5.32 Å². The topological polar surface area (TPSA) is 72.2 Å². The average molecular weight is 385 g/mol. The van der Waals surface area contributed by atoms with Crippen molar-refractivity contribution in [1.82, 2.24) is 0 Å². The van der Waals surface area contributed by atoms with Gasteiger partial charge >= 0.3 is 0 Å². The van der Waals surface area contributed by atoms with Gasteiger partial charge in [0, 0.05) is 39.4 Å². The average Bonchev–Trinajstić information content (AvgIpc) is 3.02. The molecule has 3 N–H and O–H groups in total. The molecule has 2 fully saturated rings. The van der Waals surface area contributed by atoms with E-state index in [0.717, 1.165) is 43.4 Å². The van der Waals surface area contributed by atoms with E-state index in [4.69, 9.17) is 5.73 Å². The molecule has 1 aromatic rings. The Morgan fingerprint density at radius 2 is 1.92 bits per heavy atom. The minimum absolute atomic E-state index is 0. The molecule has 3 rings (SSSR count). The third-order valence-corrected chi connectivity index (χ3v) is 7.10. The van der Waals surface area contributed by atoms with Gasteiger partial charge in [0.1, 0.15) is 0 Å². The number of benzene rings is 1. The normalized spacial score (nSPS) is 25.2. The Morgan fingerprint density at radius 1 is 1.16 bits per heavy atom. The molecule has 0 heterocycles. The summed E-state index contributed by atoms with van der Waals surface area (Å²) in [7, 11) is -0.814.